The minimum Gasteiger partial charge on any atom is -0.454 e. The molecule has 0 saturated carbocycles. The Kier molecular flexibility index (Phi) is 5.03. The summed E-state index contributed by atoms with van der Waals surface area (Å²) < 4.78 is 5.21. The summed E-state index contributed by atoms with van der Waals surface area (Å²) in [6, 6.07) is 9.03. The molecule has 0 spiro atoms. The predicted octanol–water partition coefficient (Wildman–Crippen LogP) is 1.64. The molecule has 6 nitrogen and oxygen atoms in total. The first-order chi connectivity index (χ1) is 11.9. The van der Waals surface area contributed by atoms with Gasteiger partial charge in [-0.1, -0.05) is 30.3 Å². The van der Waals surface area contributed by atoms with E-state index in [1.165, 1.54) is 4.90 Å². The van der Waals surface area contributed by atoms with Crippen LogP contribution in [0.25, 0.3) is 0 Å². The largest absolute Gasteiger partial charge is 0.454 e. The normalized spacial score (nSPS) is 25.0. The van der Waals surface area contributed by atoms with Crippen molar-refractivity contribution in [2.45, 2.75) is 37.2 Å². The molecule has 0 aliphatic carbocycles. The molecule has 0 aromatic heterocycles. The first kappa shape index (κ1) is 17.8. The minimum absolute atomic E-state index is 0.0121. The van der Waals surface area contributed by atoms with Gasteiger partial charge in [0.1, 0.15) is 6.04 Å². The van der Waals surface area contributed by atoms with Gasteiger partial charge in [0.2, 0.25) is 5.91 Å². The number of hydrogen-bond acceptors (Lipinski definition) is 5. The van der Waals surface area contributed by atoms with Crippen LogP contribution in [0.4, 0.5) is 0 Å². The van der Waals surface area contributed by atoms with E-state index in [1.807, 2.05) is 37.3 Å². The summed E-state index contributed by atoms with van der Waals surface area (Å²) in [5.74, 6) is -0.247. The fourth-order valence-electron chi connectivity index (χ4n) is 3.28. The highest BCUT2D eigenvalue weighted by atomic mass is 32.2. The number of esters is 1. The van der Waals surface area contributed by atoms with Crippen LogP contribution < -0.4 is 0 Å². The number of carbonyl (C=O) groups excluding carboxylic acids is 3. The third kappa shape index (κ3) is 3.66. The van der Waals surface area contributed by atoms with Gasteiger partial charge >= 0.3 is 5.97 Å². The molecule has 2 aliphatic rings. The van der Waals surface area contributed by atoms with Gasteiger partial charge in [-0.2, -0.15) is 0 Å². The van der Waals surface area contributed by atoms with E-state index < -0.39 is 12.0 Å². The summed E-state index contributed by atoms with van der Waals surface area (Å²) >= 11 is 1.61. The zero-order chi connectivity index (χ0) is 18.0. The lowest BCUT2D eigenvalue weighted by Crippen LogP contribution is -2.47. The highest BCUT2D eigenvalue weighted by Gasteiger charge is 2.53. The summed E-state index contributed by atoms with van der Waals surface area (Å²) in [4.78, 5) is 39.5. The van der Waals surface area contributed by atoms with Crippen molar-refractivity contribution in [2.24, 2.45) is 0 Å². The van der Waals surface area contributed by atoms with Crippen LogP contribution in [0, 0.1) is 0 Å². The maximum Gasteiger partial charge on any atom is 0.330 e. The smallest absolute Gasteiger partial charge is 0.330 e. The maximum atomic E-state index is 12.4. The molecule has 1 aromatic rings. The second-order valence-electron chi connectivity index (χ2n) is 6.61. The molecule has 2 atom stereocenters. The molecule has 0 unspecified atom stereocenters. The lowest BCUT2D eigenvalue weighted by atomic mass is 10.2. The van der Waals surface area contributed by atoms with Crippen LogP contribution in [0.3, 0.4) is 0 Å². The lowest BCUT2D eigenvalue weighted by Gasteiger charge is -2.29. The summed E-state index contributed by atoms with van der Waals surface area (Å²) in [6.45, 7) is 2.13. The van der Waals surface area contributed by atoms with Crippen LogP contribution in [0.2, 0.25) is 0 Å². The van der Waals surface area contributed by atoms with Crippen LogP contribution in [0.1, 0.15) is 25.3 Å². The van der Waals surface area contributed by atoms with E-state index in [0.717, 1.165) is 12.0 Å². The summed E-state index contributed by atoms with van der Waals surface area (Å²) in [6.07, 6.45) is 1.21. The van der Waals surface area contributed by atoms with Crippen molar-refractivity contribution in [3.05, 3.63) is 35.9 Å². The number of fused-ring (bicyclic) bond motifs is 1. The average Bonchev–Trinajstić information content (AvgIpc) is 3.09. The van der Waals surface area contributed by atoms with E-state index in [0.29, 0.717) is 18.7 Å². The number of hydrogen-bond donors (Lipinski definition) is 0. The van der Waals surface area contributed by atoms with E-state index in [1.54, 1.807) is 23.7 Å². The highest BCUT2D eigenvalue weighted by molar-refractivity contribution is 8.01. The fraction of sp³-hybridized carbons (Fsp3) is 0.500. The number of likely N-dealkylation sites (N-methyl/N-ethyl adjacent to an activating group) is 1. The molecule has 0 bridgehead atoms. The Morgan fingerprint density at radius 2 is 2.08 bits per heavy atom. The van der Waals surface area contributed by atoms with E-state index in [9.17, 15) is 14.4 Å². The molecule has 25 heavy (non-hydrogen) atoms. The number of rotatable bonds is 5. The first-order valence-corrected chi connectivity index (χ1v) is 9.30. The molecule has 7 heteroatoms. The van der Waals surface area contributed by atoms with Crippen LogP contribution in [-0.2, 0) is 25.7 Å². The van der Waals surface area contributed by atoms with E-state index in [4.69, 9.17) is 4.74 Å². The number of thioether (sulfide) groups is 1. The number of benzene rings is 1. The molecule has 3 rings (SSSR count). The van der Waals surface area contributed by atoms with Crippen LogP contribution in [0.5, 0.6) is 0 Å². The third-order valence-electron chi connectivity index (χ3n) is 4.74. The second kappa shape index (κ2) is 7.07. The predicted molar refractivity (Wildman–Crippen MR) is 94.6 cm³/mol. The quantitative estimate of drug-likeness (QED) is 0.745. The molecule has 1 aromatic carbocycles. The molecule has 2 amide bonds. The van der Waals surface area contributed by atoms with E-state index in [2.05, 4.69) is 0 Å². The van der Waals surface area contributed by atoms with Crippen molar-refractivity contribution < 1.29 is 19.1 Å². The van der Waals surface area contributed by atoms with Crippen molar-refractivity contribution in [2.75, 3.05) is 19.4 Å². The number of amides is 2. The Morgan fingerprint density at radius 3 is 2.80 bits per heavy atom. The van der Waals surface area contributed by atoms with Gasteiger partial charge in [0.25, 0.3) is 5.91 Å². The van der Waals surface area contributed by atoms with E-state index >= 15 is 0 Å². The monoisotopic (exact) mass is 362 g/mol. The summed E-state index contributed by atoms with van der Waals surface area (Å²) in [5.41, 5.74) is 1.01. The molecular weight excluding hydrogens is 340 g/mol. The molecule has 0 radical (unpaired) electrons. The maximum absolute atomic E-state index is 12.4. The van der Waals surface area contributed by atoms with Gasteiger partial charge in [0, 0.05) is 25.8 Å². The zero-order valence-electron chi connectivity index (χ0n) is 14.4. The molecule has 2 heterocycles. The molecule has 134 valence electrons. The Labute approximate surface area is 151 Å². The number of nitrogens with zero attached hydrogens (tertiary/aromatic N) is 2. The van der Waals surface area contributed by atoms with E-state index in [-0.39, 0.29) is 23.3 Å². The van der Waals surface area contributed by atoms with Crippen molar-refractivity contribution in [3.8, 4) is 0 Å². The molecule has 0 N–H and O–H groups in total. The minimum atomic E-state index is -0.586. The third-order valence-corrected chi connectivity index (χ3v) is 6.25. The van der Waals surface area contributed by atoms with Crippen molar-refractivity contribution >= 4 is 29.5 Å². The topological polar surface area (TPSA) is 66.9 Å². The Balaban J connectivity index is 1.52. The number of carbonyl (C=O) groups is 3. The Bertz CT molecular complexity index is 681. The van der Waals surface area contributed by atoms with Gasteiger partial charge in [-0.05, 0) is 18.9 Å². The van der Waals surface area contributed by atoms with Gasteiger partial charge in [-0.25, -0.2) is 4.79 Å². The van der Waals surface area contributed by atoms with Crippen molar-refractivity contribution in [1.82, 2.24) is 9.80 Å². The standard InChI is InChI=1S/C18H22N2O4S/c1-18-9-8-15(21)20(18)14(12-25-18)17(23)24-11-16(22)19(2)10-13-6-4-3-5-7-13/h3-7,14H,8-12H2,1-2H3/t14-,18-/m0/s1. The van der Waals surface area contributed by atoms with Crippen LogP contribution >= 0.6 is 11.8 Å². The molecule has 2 saturated heterocycles. The van der Waals surface area contributed by atoms with Gasteiger partial charge in [-0.3, -0.25) is 9.59 Å². The SMILES string of the molecule is CN(Cc1ccccc1)C(=O)COC(=O)[C@@H]1CS[C@@]2(C)CCC(=O)N12. The fourth-order valence-corrected chi connectivity index (χ4v) is 4.70. The highest BCUT2D eigenvalue weighted by Crippen LogP contribution is 2.47. The van der Waals surface area contributed by atoms with Crippen molar-refractivity contribution in [1.29, 1.82) is 0 Å². The lowest BCUT2D eigenvalue weighted by molar-refractivity contribution is -0.158. The Hall–Kier alpha value is -2.02. The average molecular weight is 362 g/mol. The molecule has 2 fully saturated rings. The molecule has 2 aliphatic heterocycles. The van der Waals surface area contributed by atoms with Crippen LogP contribution in [0.15, 0.2) is 30.3 Å². The zero-order valence-corrected chi connectivity index (χ0v) is 15.3. The first-order valence-electron chi connectivity index (χ1n) is 8.31. The van der Waals surface area contributed by atoms with Crippen molar-refractivity contribution in [3.63, 3.8) is 0 Å². The molecular formula is C18H22N2O4S. The Morgan fingerprint density at radius 1 is 1.36 bits per heavy atom. The van der Waals surface area contributed by atoms with Gasteiger partial charge in [0.05, 0.1) is 4.87 Å². The van der Waals surface area contributed by atoms with Crippen LogP contribution in [-0.4, -0.2) is 57.9 Å². The van der Waals surface area contributed by atoms with Gasteiger partial charge in [-0.15, -0.1) is 11.8 Å². The van der Waals surface area contributed by atoms with Gasteiger partial charge < -0.3 is 14.5 Å². The second-order valence-corrected chi connectivity index (χ2v) is 8.11. The van der Waals surface area contributed by atoms with Gasteiger partial charge in [0.15, 0.2) is 6.61 Å². The number of ether oxygens (including phenoxy) is 1. The summed E-state index contributed by atoms with van der Waals surface area (Å²) in [5, 5.41) is 0. The summed E-state index contributed by atoms with van der Waals surface area (Å²) in [7, 11) is 1.68.